The number of benzene rings is 5. The molecule has 1 atom stereocenters. The number of anilines is 1. The molecule has 0 spiro atoms. The van der Waals surface area contributed by atoms with E-state index in [1.165, 1.54) is 11.8 Å². The highest BCUT2D eigenvalue weighted by molar-refractivity contribution is 7.98. The van der Waals surface area contributed by atoms with Crippen molar-refractivity contribution in [1.29, 1.82) is 0 Å². The van der Waals surface area contributed by atoms with Gasteiger partial charge < -0.3 is 15.3 Å². The summed E-state index contributed by atoms with van der Waals surface area (Å²) in [5.74, 6) is -1.20. The standard InChI is InChI=1S/C41H36N2O5S/c1-26-10-6-7-13-30(26)35-22-27(17-19-34(35)40(46)42-37(41(47)48)20-21-49-2)24-43(29-11-4-3-5-12-29)25-28-16-18-33-36(23-28)39(45)32-15-9-8-14-31(32)38(33)44/h3-19,22-23,37H,20-21,24-25H2,1-2H3,(H,42,46)(H,47,48)/t37-/m0/s1. The number of nitrogens with zero attached hydrogens (tertiary/aromatic N) is 1. The highest BCUT2D eigenvalue weighted by Crippen LogP contribution is 2.32. The molecule has 49 heavy (non-hydrogen) atoms. The number of hydrogen-bond acceptors (Lipinski definition) is 6. The first-order valence-corrected chi connectivity index (χ1v) is 17.5. The monoisotopic (exact) mass is 668 g/mol. The molecule has 2 N–H and O–H groups in total. The van der Waals surface area contributed by atoms with E-state index in [2.05, 4.69) is 10.2 Å². The lowest BCUT2D eigenvalue weighted by atomic mass is 9.83. The quantitative estimate of drug-likeness (QED) is 0.139. The number of rotatable bonds is 12. The molecule has 0 saturated heterocycles. The number of carboxylic acid groups (broad SMARTS) is 1. The number of aliphatic carboxylic acids is 1. The van der Waals surface area contributed by atoms with E-state index in [0.29, 0.717) is 58.6 Å². The predicted octanol–water partition coefficient (Wildman–Crippen LogP) is 7.58. The SMILES string of the molecule is CSCC[C@H](NC(=O)c1ccc(CN(Cc2ccc3c(c2)C(=O)c2ccccc2C3=O)c2ccccc2)cc1-c1ccccc1C)C(=O)O. The van der Waals surface area contributed by atoms with Crippen LogP contribution in [0.2, 0.25) is 0 Å². The molecular weight excluding hydrogens is 633 g/mol. The number of thioether (sulfide) groups is 1. The van der Waals surface area contributed by atoms with Crippen LogP contribution < -0.4 is 10.2 Å². The molecule has 0 aromatic heterocycles. The minimum atomic E-state index is -1.06. The normalized spacial score (nSPS) is 12.5. The van der Waals surface area contributed by atoms with Gasteiger partial charge in [0.1, 0.15) is 6.04 Å². The predicted molar refractivity (Wildman–Crippen MR) is 195 cm³/mol. The van der Waals surface area contributed by atoms with E-state index >= 15 is 0 Å². The minimum absolute atomic E-state index is 0.150. The number of para-hydroxylation sites is 1. The molecule has 0 heterocycles. The third-order valence-corrected chi connectivity index (χ3v) is 9.48. The Labute approximate surface area is 290 Å². The lowest BCUT2D eigenvalue weighted by Gasteiger charge is -2.27. The fourth-order valence-electron chi connectivity index (χ4n) is 6.28. The van der Waals surface area contributed by atoms with Crippen LogP contribution in [0.25, 0.3) is 11.1 Å². The zero-order valence-electron chi connectivity index (χ0n) is 27.3. The fourth-order valence-corrected chi connectivity index (χ4v) is 6.75. The average Bonchev–Trinajstić information content (AvgIpc) is 3.12. The van der Waals surface area contributed by atoms with Gasteiger partial charge in [-0.3, -0.25) is 14.4 Å². The first-order chi connectivity index (χ1) is 23.7. The van der Waals surface area contributed by atoms with Crippen molar-refractivity contribution >= 4 is 40.9 Å². The van der Waals surface area contributed by atoms with Crippen molar-refractivity contribution in [3.05, 3.63) is 160 Å². The second-order valence-electron chi connectivity index (χ2n) is 12.1. The number of carbonyl (C=O) groups is 4. The van der Waals surface area contributed by atoms with Gasteiger partial charge in [-0.1, -0.05) is 78.9 Å². The minimum Gasteiger partial charge on any atom is -0.480 e. The second-order valence-corrected chi connectivity index (χ2v) is 13.1. The summed E-state index contributed by atoms with van der Waals surface area (Å²) in [7, 11) is 0. The lowest BCUT2D eigenvalue weighted by Crippen LogP contribution is -2.41. The summed E-state index contributed by atoms with van der Waals surface area (Å²) >= 11 is 1.53. The Balaban J connectivity index is 1.34. The zero-order valence-corrected chi connectivity index (χ0v) is 28.1. The van der Waals surface area contributed by atoms with E-state index in [9.17, 15) is 24.3 Å². The lowest BCUT2D eigenvalue weighted by molar-refractivity contribution is -0.139. The van der Waals surface area contributed by atoms with Crippen LogP contribution in [0.4, 0.5) is 5.69 Å². The third kappa shape index (κ3) is 7.20. The molecule has 0 bridgehead atoms. The molecule has 0 radical (unpaired) electrons. The molecule has 1 aliphatic rings. The topological polar surface area (TPSA) is 104 Å². The van der Waals surface area contributed by atoms with Crippen molar-refractivity contribution in [2.75, 3.05) is 16.9 Å². The van der Waals surface area contributed by atoms with Crippen LogP contribution in [-0.2, 0) is 17.9 Å². The molecule has 8 heteroatoms. The molecule has 0 unspecified atom stereocenters. The molecular formula is C41H36N2O5S. The summed E-state index contributed by atoms with van der Waals surface area (Å²) in [6.45, 7) is 2.92. The molecule has 0 fully saturated rings. The number of amides is 1. The van der Waals surface area contributed by atoms with Crippen LogP contribution in [0.15, 0.2) is 115 Å². The van der Waals surface area contributed by atoms with Crippen LogP contribution in [-0.4, -0.2) is 46.6 Å². The van der Waals surface area contributed by atoms with Gasteiger partial charge >= 0.3 is 5.97 Å². The molecule has 1 amide bonds. The van der Waals surface area contributed by atoms with Crippen molar-refractivity contribution in [1.82, 2.24) is 5.32 Å². The highest BCUT2D eigenvalue weighted by atomic mass is 32.2. The Kier molecular flexibility index (Phi) is 10.1. The largest absolute Gasteiger partial charge is 0.480 e. The van der Waals surface area contributed by atoms with Gasteiger partial charge in [0.2, 0.25) is 0 Å². The summed E-state index contributed by atoms with van der Waals surface area (Å²) in [4.78, 5) is 54.4. The maximum atomic E-state index is 13.6. The van der Waals surface area contributed by atoms with Crippen molar-refractivity contribution in [3.8, 4) is 11.1 Å². The first-order valence-electron chi connectivity index (χ1n) is 16.1. The molecule has 6 rings (SSSR count). The van der Waals surface area contributed by atoms with E-state index in [1.54, 1.807) is 36.4 Å². The summed E-state index contributed by atoms with van der Waals surface area (Å²) in [6.07, 6.45) is 2.22. The van der Waals surface area contributed by atoms with Crippen molar-refractivity contribution in [3.63, 3.8) is 0 Å². The van der Waals surface area contributed by atoms with Gasteiger partial charge in [0.05, 0.1) is 0 Å². The van der Waals surface area contributed by atoms with Gasteiger partial charge in [0.25, 0.3) is 5.91 Å². The Morgan fingerprint density at radius 3 is 1.88 bits per heavy atom. The van der Waals surface area contributed by atoms with Gasteiger partial charge in [-0.2, -0.15) is 11.8 Å². The maximum absolute atomic E-state index is 13.6. The molecule has 0 saturated carbocycles. The van der Waals surface area contributed by atoms with Crippen molar-refractivity contribution < 1.29 is 24.3 Å². The first kappa shape index (κ1) is 33.4. The maximum Gasteiger partial charge on any atom is 0.326 e. The van der Waals surface area contributed by atoms with Crippen LogP contribution in [0.5, 0.6) is 0 Å². The van der Waals surface area contributed by atoms with E-state index < -0.39 is 17.9 Å². The van der Waals surface area contributed by atoms with Crippen molar-refractivity contribution in [2.45, 2.75) is 32.5 Å². The Morgan fingerprint density at radius 2 is 1.24 bits per heavy atom. The third-order valence-electron chi connectivity index (χ3n) is 8.84. The van der Waals surface area contributed by atoms with Gasteiger partial charge in [-0.05, 0) is 89.6 Å². The number of fused-ring (bicyclic) bond motifs is 2. The van der Waals surface area contributed by atoms with E-state index in [4.69, 9.17) is 0 Å². The summed E-state index contributed by atoms with van der Waals surface area (Å²) < 4.78 is 0. The Hall–Kier alpha value is -5.47. The molecule has 7 nitrogen and oxygen atoms in total. The Morgan fingerprint density at radius 1 is 0.694 bits per heavy atom. The van der Waals surface area contributed by atoms with Crippen LogP contribution in [0.3, 0.4) is 0 Å². The molecule has 5 aromatic carbocycles. The number of hydrogen-bond donors (Lipinski definition) is 2. The Bertz CT molecular complexity index is 2060. The number of carbonyl (C=O) groups excluding carboxylic acids is 3. The van der Waals surface area contributed by atoms with Gasteiger partial charge in [0, 0.05) is 46.6 Å². The summed E-state index contributed by atoms with van der Waals surface area (Å²) in [5.41, 5.74) is 7.43. The molecule has 1 aliphatic carbocycles. The number of ketones is 2. The number of carboxylic acids is 1. The van der Waals surface area contributed by atoms with Gasteiger partial charge in [-0.15, -0.1) is 0 Å². The smallest absolute Gasteiger partial charge is 0.326 e. The highest BCUT2D eigenvalue weighted by Gasteiger charge is 2.30. The van der Waals surface area contributed by atoms with Crippen LogP contribution in [0, 0.1) is 6.92 Å². The van der Waals surface area contributed by atoms with E-state index in [1.807, 2.05) is 92.0 Å². The van der Waals surface area contributed by atoms with Crippen LogP contribution >= 0.6 is 11.8 Å². The summed E-state index contributed by atoms with van der Waals surface area (Å²) in [6, 6.07) is 34.8. The molecule has 5 aromatic rings. The zero-order chi connectivity index (χ0) is 34.5. The van der Waals surface area contributed by atoms with Crippen molar-refractivity contribution in [2.24, 2.45) is 0 Å². The average molecular weight is 669 g/mol. The number of aryl methyl sites for hydroxylation is 1. The number of nitrogens with one attached hydrogen (secondary N) is 1. The molecule has 0 aliphatic heterocycles. The second kappa shape index (κ2) is 14.7. The van der Waals surface area contributed by atoms with Gasteiger partial charge in [-0.25, -0.2) is 4.79 Å². The van der Waals surface area contributed by atoms with E-state index in [0.717, 1.165) is 27.9 Å². The summed E-state index contributed by atoms with van der Waals surface area (Å²) in [5, 5.41) is 12.5. The molecule has 246 valence electrons. The van der Waals surface area contributed by atoms with Crippen LogP contribution in [0.1, 0.15) is 65.3 Å². The van der Waals surface area contributed by atoms with E-state index in [-0.39, 0.29) is 11.6 Å². The van der Waals surface area contributed by atoms with Gasteiger partial charge in [0.15, 0.2) is 11.6 Å². The fraction of sp³-hybridized carbons (Fsp3) is 0.171.